The van der Waals surface area contributed by atoms with Gasteiger partial charge in [0.1, 0.15) is 5.82 Å². The Morgan fingerprint density at radius 3 is 2.38 bits per heavy atom. The molecular weight excluding hydrogens is 207 g/mol. The van der Waals surface area contributed by atoms with Gasteiger partial charge >= 0.3 is 6.03 Å². The largest absolute Gasteiger partial charge is 0.331 e. The molecule has 88 valence electrons. The summed E-state index contributed by atoms with van der Waals surface area (Å²) in [6.45, 7) is 3.54. The molecule has 1 N–H and O–H groups in total. The van der Waals surface area contributed by atoms with Crippen LogP contribution < -0.4 is 5.32 Å². The summed E-state index contributed by atoms with van der Waals surface area (Å²) in [6, 6.07) is 6.20. The van der Waals surface area contributed by atoms with Crippen molar-refractivity contribution in [3.63, 3.8) is 0 Å². The average molecular weight is 224 g/mol. The Morgan fingerprint density at radius 2 is 1.88 bits per heavy atom. The van der Waals surface area contributed by atoms with Crippen LogP contribution in [0.15, 0.2) is 24.3 Å². The van der Waals surface area contributed by atoms with E-state index in [1.54, 1.807) is 46.1 Å². The number of carbonyl (C=O) groups is 1. The number of hydrogen-bond acceptors (Lipinski definition) is 1. The summed E-state index contributed by atoms with van der Waals surface area (Å²) in [5.74, 6) is -0.313. The van der Waals surface area contributed by atoms with Gasteiger partial charge < -0.3 is 10.2 Å². The molecule has 0 aliphatic heterocycles. The molecule has 3 nitrogen and oxygen atoms in total. The van der Waals surface area contributed by atoms with E-state index in [9.17, 15) is 9.18 Å². The summed E-state index contributed by atoms with van der Waals surface area (Å²) < 4.78 is 13.6. The van der Waals surface area contributed by atoms with Crippen LogP contribution in [0.3, 0.4) is 0 Å². The lowest BCUT2D eigenvalue weighted by Crippen LogP contribution is -2.46. The second kappa shape index (κ2) is 4.51. The molecule has 0 bridgehead atoms. The first-order valence-corrected chi connectivity index (χ1v) is 5.09. The highest BCUT2D eigenvalue weighted by Gasteiger charge is 2.26. The minimum Gasteiger partial charge on any atom is -0.331 e. The van der Waals surface area contributed by atoms with E-state index in [4.69, 9.17) is 0 Å². The van der Waals surface area contributed by atoms with Crippen molar-refractivity contribution in [1.82, 2.24) is 10.2 Å². The molecule has 0 aliphatic carbocycles. The van der Waals surface area contributed by atoms with Crippen molar-refractivity contribution in [2.75, 3.05) is 14.1 Å². The molecule has 0 radical (unpaired) electrons. The van der Waals surface area contributed by atoms with Crippen LogP contribution in [-0.2, 0) is 5.54 Å². The van der Waals surface area contributed by atoms with Gasteiger partial charge in [-0.1, -0.05) is 18.2 Å². The van der Waals surface area contributed by atoms with Crippen LogP contribution in [0, 0.1) is 5.82 Å². The maximum absolute atomic E-state index is 13.6. The Balaban J connectivity index is 2.94. The lowest BCUT2D eigenvalue weighted by atomic mass is 9.94. The summed E-state index contributed by atoms with van der Waals surface area (Å²) in [4.78, 5) is 13.0. The van der Waals surface area contributed by atoms with Gasteiger partial charge in [0, 0.05) is 19.7 Å². The quantitative estimate of drug-likeness (QED) is 0.821. The first kappa shape index (κ1) is 12.5. The SMILES string of the molecule is CN(C)C(=O)NC(C)(C)c1ccccc1F. The van der Waals surface area contributed by atoms with E-state index < -0.39 is 5.54 Å². The maximum Gasteiger partial charge on any atom is 0.317 e. The van der Waals surface area contributed by atoms with Crippen LogP contribution >= 0.6 is 0 Å². The normalized spacial score (nSPS) is 11.1. The van der Waals surface area contributed by atoms with Crippen LogP contribution in [-0.4, -0.2) is 25.0 Å². The van der Waals surface area contributed by atoms with Gasteiger partial charge in [-0.3, -0.25) is 0 Å². The fraction of sp³-hybridized carbons (Fsp3) is 0.417. The second-order valence-electron chi connectivity index (χ2n) is 4.43. The standard InChI is InChI=1S/C12H17FN2O/c1-12(2,14-11(16)15(3)4)9-7-5-6-8-10(9)13/h5-8H,1-4H3,(H,14,16). The van der Waals surface area contributed by atoms with Crippen LogP contribution in [0.4, 0.5) is 9.18 Å². The third-order valence-electron chi connectivity index (χ3n) is 2.37. The number of rotatable bonds is 2. The lowest BCUT2D eigenvalue weighted by Gasteiger charge is -2.28. The predicted molar refractivity (Wildman–Crippen MR) is 61.6 cm³/mol. The third-order valence-corrected chi connectivity index (χ3v) is 2.37. The smallest absolute Gasteiger partial charge is 0.317 e. The minimum absolute atomic E-state index is 0.242. The second-order valence-corrected chi connectivity index (χ2v) is 4.43. The Kier molecular flexibility index (Phi) is 3.52. The van der Waals surface area contributed by atoms with E-state index in [1.807, 2.05) is 0 Å². The number of halogens is 1. The number of urea groups is 1. The fourth-order valence-electron chi connectivity index (χ4n) is 1.41. The molecule has 0 saturated heterocycles. The molecular formula is C12H17FN2O. The van der Waals surface area contributed by atoms with Crippen LogP contribution in [0.5, 0.6) is 0 Å². The molecule has 0 atom stereocenters. The Labute approximate surface area is 95.3 Å². The summed E-state index contributed by atoms with van der Waals surface area (Å²) in [6.07, 6.45) is 0. The number of nitrogens with zero attached hydrogens (tertiary/aromatic N) is 1. The van der Waals surface area contributed by atoms with E-state index in [0.717, 1.165) is 0 Å². The first-order valence-electron chi connectivity index (χ1n) is 5.09. The molecule has 0 fully saturated rings. The summed E-state index contributed by atoms with van der Waals surface area (Å²) >= 11 is 0. The summed E-state index contributed by atoms with van der Waals surface area (Å²) in [5.41, 5.74) is -0.252. The van der Waals surface area contributed by atoms with E-state index in [1.165, 1.54) is 11.0 Å². The number of nitrogens with one attached hydrogen (secondary N) is 1. The molecule has 0 aromatic heterocycles. The van der Waals surface area contributed by atoms with E-state index in [-0.39, 0.29) is 11.8 Å². The maximum atomic E-state index is 13.6. The number of hydrogen-bond donors (Lipinski definition) is 1. The van der Waals surface area contributed by atoms with Crippen LogP contribution in [0.25, 0.3) is 0 Å². The van der Waals surface area contributed by atoms with E-state index in [2.05, 4.69) is 5.32 Å². The van der Waals surface area contributed by atoms with Crippen molar-refractivity contribution in [2.24, 2.45) is 0 Å². The molecule has 2 amide bonds. The minimum atomic E-state index is -0.729. The molecule has 0 aliphatic rings. The number of benzene rings is 1. The van der Waals surface area contributed by atoms with Gasteiger partial charge in [-0.15, -0.1) is 0 Å². The monoisotopic (exact) mass is 224 g/mol. The highest BCUT2D eigenvalue weighted by atomic mass is 19.1. The summed E-state index contributed by atoms with van der Waals surface area (Å²) in [5, 5.41) is 2.76. The highest BCUT2D eigenvalue weighted by molar-refractivity contribution is 5.74. The first-order chi connectivity index (χ1) is 7.34. The Morgan fingerprint density at radius 1 is 1.31 bits per heavy atom. The molecule has 0 saturated carbocycles. The third kappa shape index (κ3) is 2.72. The zero-order chi connectivity index (χ0) is 12.3. The Bertz CT molecular complexity index is 388. The van der Waals surface area contributed by atoms with Gasteiger partial charge in [0.05, 0.1) is 5.54 Å². The molecule has 16 heavy (non-hydrogen) atoms. The van der Waals surface area contributed by atoms with Crippen molar-refractivity contribution < 1.29 is 9.18 Å². The molecule has 0 spiro atoms. The van der Waals surface area contributed by atoms with Gasteiger partial charge in [0.25, 0.3) is 0 Å². The summed E-state index contributed by atoms with van der Waals surface area (Å²) in [7, 11) is 3.29. The molecule has 1 aromatic rings. The average Bonchev–Trinajstić information content (AvgIpc) is 2.17. The Hall–Kier alpha value is -1.58. The van der Waals surface area contributed by atoms with Gasteiger partial charge in [0.15, 0.2) is 0 Å². The van der Waals surface area contributed by atoms with E-state index in [0.29, 0.717) is 5.56 Å². The zero-order valence-corrected chi connectivity index (χ0v) is 10.0. The van der Waals surface area contributed by atoms with Crippen LogP contribution in [0.1, 0.15) is 19.4 Å². The predicted octanol–water partition coefficient (Wildman–Crippen LogP) is 2.33. The molecule has 1 rings (SSSR count). The molecule has 0 unspecified atom stereocenters. The molecule has 4 heteroatoms. The molecule has 0 heterocycles. The van der Waals surface area contributed by atoms with Gasteiger partial charge in [-0.2, -0.15) is 0 Å². The van der Waals surface area contributed by atoms with Crippen molar-refractivity contribution >= 4 is 6.03 Å². The van der Waals surface area contributed by atoms with E-state index >= 15 is 0 Å². The highest BCUT2D eigenvalue weighted by Crippen LogP contribution is 2.22. The van der Waals surface area contributed by atoms with Gasteiger partial charge in [0.2, 0.25) is 0 Å². The van der Waals surface area contributed by atoms with Gasteiger partial charge in [-0.05, 0) is 19.9 Å². The van der Waals surface area contributed by atoms with Crippen molar-refractivity contribution in [2.45, 2.75) is 19.4 Å². The fourth-order valence-corrected chi connectivity index (χ4v) is 1.41. The number of carbonyl (C=O) groups excluding carboxylic acids is 1. The van der Waals surface area contributed by atoms with Crippen molar-refractivity contribution in [3.05, 3.63) is 35.6 Å². The molecule has 1 aromatic carbocycles. The van der Waals surface area contributed by atoms with Gasteiger partial charge in [-0.25, -0.2) is 9.18 Å². The zero-order valence-electron chi connectivity index (χ0n) is 10.0. The van der Waals surface area contributed by atoms with Crippen molar-refractivity contribution in [1.29, 1.82) is 0 Å². The lowest BCUT2D eigenvalue weighted by molar-refractivity contribution is 0.205. The van der Waals surface area contributed by atoms with Crippen molar-refractivity contribution in [3.8, 4) is 0 Å². The number of amides is 2. The topological polar surface area (TPSA) is 32.3 Å². The van der Waals surface area contributed by atoms with Crippen LogP contribution in [0.2, 0.25) is 0 Å².